The fourth-order valence-corrected chi connectivity index (χ4v) is 2.25. The van der Waals surface area contributed by atoms with Crippen LogP contribution in [0, 0.1) is 11.6 Å². The van der Waals surface area contributed by atoms with E-state index in [1.807, 2.05) is 0 Å². The second kappa shape index (κ2) is 5.02. The molecule has 0 saturated heterocycles. The Morgan fingerprint density at radius 1 is 1.22 bits per heavy atom. The third-order valence-corrected chi connectivity index (χ3v) is 3.38. The zero-order valence-electron chi connectivity index (χ0n) is 10.0. The van der Waals surface area contributed by atoms with E-state index in [-0.39, 0.29) is 5.69 Å². The van der Waals surface area contributed by atoms with E-state index in [1.54, 1.807) is 0 Å². The van der Waals surface area contributed by atoms with Crippen molar-refractivity contribution in [2.45, 2.75) is 37.6 Å². The predicted octanol–water partition coefficient (Wildman–Crippen LogP) is 2.56. The Bertz CT molecular complexity index is 456. The quantitative estimate of drug-likeness (QED) is 0.852. The van der Waals surface area contributed by atoms with Crippen molar-refractivity contribution in [3.63, 3.8) is 0 Å². The molecule has 18 heavy (non-hydrogen) atoms. The summed E-state index contributed by atoms with van der Waals surface area (Å²) < 4.78 is 26.1. The number of hydrogen-bond donors (Lipinski definition) is 2. The van der Waals surface area contributed by atoms with Gasteiger partial charge in [0.1, 0.15) is 11.6 Å². The Morgan fingerprint density at radius 3 is 2.50 bits per heavy atom. The number of carbonyl (C=O) groups is 1. The number of halogens is 2. The summed E-state index contributed by atoms with van der Waals surface area (Å²) in [6, 6.07) is 3.04. The van der Waals surface area contributed by atoms with Gasteiger partial charge in [-0.3, -0.25) is 4.79 Å². The number of hydrogen-bond acceptors (Lipinski definition) is 2. The highest BCUT2D eigenvalue weighted by Gasteiger charge is 2.35. The highest BCUT2D eigenvalue weighted by atomic mass is 19.1. The van der Waals surface area contributed by atoms with Crippen LogP contribution in [0.15, 0.2) is 18.2 Å². The third kappa shape index (κ3) is 2.67. The Hall–Kier alpha value is -1.49. The largest absolute Gasteiger partial charge is 0.322 e. The Morgan fingerprint density at radius 2 is 1.89 bits per heavy atom. The maximum absolute atomic E-state index is 13.4. The molecule has 0 spiro atoms. The summed E-state index contributed by atoms with van der Waals surface area (Å²) in [5, 5.41) is 2.44. The minimum Gasteiger partial charge on any atom is -0.322 e. The lowest BCUT2D eigenvalue weighted by Gasteiger charge is -2.31. The minimum absolute atomic E-state index is 0.0307. The first-order valence-corrected chi connectivity index (χ1v) is 6.07. The van der Waals surface area contributed by atoms with Gasteiger partial charge in [-0.25, -0.2) is 8.78 Å². The summed E-state index contributed by atoms with van der Waals surface area (Å²) in [4.78, 5) is 12.0. The van der Waals surface area contributed by atoms with Crippen LogP contribution in [-0.4, -0.2) is 11.4 Å². The number of benzene rings is 1. The van der Waals surface area contributed by atoms with Crippen molar-refractivity contribution < 1.29 is 13.6 Å². The summed E-state index contributed by atoms with van der Waals surface area (Å²) in [5.41, 5.74) is 5.06. The molecule has 1 aliphatic carbocycles. The van der Waals surface area contributed by atoms with E-state index < -0.39 is 23.1 Å². The van der Waals surface area contributed by atoms with Crippen LogP contribution in [0.3, 0.4) is 0 Å². The van der Waals surface area contributed by atoms with E-state index in [0.717, 1.165) is 31.4 Å². The molecule has 5 heteroatoms. The van der Waals surface area contributed by atoms with E-state index in [9.17, 15) is 13.6 Å². The van der Waals surface area contributed by atoms with Crippen LogP contribution in [0.1, 0.15) is 32.1 Å². The lowest BCUT2D eigenvalue weighted by Crippen LogP contribution is -2.52. The average molecular weight is 254 g/mol. The molecule has 0 bridgehead atoms. The average Bonchev–Trinajstić information content (AvgIpc) is 2.33. The Balaban J connectivity index is 2.11. The van der Waals surface area contributed by atoms with Gasteiger partial charge in [-0.05, 0) is 25.0 Å². The molecule has 98 valence electrons. The fraction of sp³-hybridized carbons (Fsp3) is 0.462. The number of carbonyl (C=O) groups excluding carboxylic acids is 1. The standard InChI is InChI=1S/C13H16F2N2O/c14-9-4-5-11(10(15)8-9)17-12(18)13(16)6-2-1-3-7-13/h4-5,8H,1-3,6-7,16H2,(H,17,18). The van der Waals surface area contributed by atoms with Gasteiger partial charge < -0.3 is 11.1 Å². The van der Waals surface area contributed by atoms with Crippen molar-refractivity contribution in [3.05, 3.63) is 29.8 Å². The lowest BCUT2D eigenvalue weighted by atomic mass is 9.82. The molecular formula is C13H16F2N2O. The third-order valence-electron chi connectivity index (χ3n) is 3.38. The van der Waals surface area contributed by atoms with Gasteiger partial charge >= 0.3 is 0 Å². The van der Waals surface area contributed by atoms with Gasteiger partial charge in [-0.2, -0.15) is 0 Å². The first-order chi connectivity index (χ1) is 8.51. The van der Waals surface area contributed by atoms with Gasteiger partial charge in [0.2, 0.25) is 5.91 Å². The second-order valence-electron chi connectivity index (χ2n) is 4.80. The van der Waals surface area contributed by atoms with Gasteiger partial charge in [0, 0.05) is 6.07 Å². The fourth-order valence-electron chi connectivity index (χ4n) is 2.25. The Labute approximate surface area is 104 Å². The first-order valence-electron chi connectivity index (χ1n) is 6.07. The summed E-state index contributed by atoms with van der Waals surface area (Å²) >= 11 is 0. The number of rotatable bonds is 2. The minimum atomic E-state index is -0.931. The molecular weight excluding hydrogens is 238 g/mol. The SMILES string of the molecule is NC1(C(=O)Nc2ccc(F)cc2F)CCCCC1. The molecule has 0 heterocycles. The number of amides is 1. The van der Waals surface area contributed by atoms with Crippen LogP contribution in [0.2, 0.25) is 0 Å². The smallest absolute Gasteiger partial charge is 0.244 e. The molecule has 0 aliphatic heterocycles. The molecule has 3 nitrogen and oxygen atoms in total. The van der Waals surface area contributed by atoms with Crippen LogP contribution in [0.5, 0.6) is 0 Å². The number of anilines is 1. The van der Waals surface area contributed by atoms with Crippen LogP contribution in [0.25, 0.3) is 0 Å². The highest BCUT2D eigenvalue weighted by molar-refractivity contribution is 5.98. The molecule has 0 atom stereocenters. The van der Waals surface area contributed by atoms with Gasteiger partial charge in [-0.15, -0.1) is 0 Å². The molecule has 0 aromatic heterocycles. The summed E-state index contributed by atoms with van der Waals surface area (Å²) in [5.74, 6) is -1.86. The maximum Gasteiger partial charge on any atom is 0.244 e. The van der Waals surface area contributed by atoms with E-state index in [1.165, 1.54) is 6.07 Å². The van der Waals surface area contributed by atoms with Crippen molar-refractivity contribution in [2.24, 2.45) is 5.73 Å². The molecule has 0 unspecified atom stereocenters. The summed E-state index contributed by atoms with van der Waals surface area (Å²) in [7, 11) is 0. The number of nitrogens with two attached hydrogens (primary N) is 1. The molecule has 1 aromatic carbocycles. The van der Waals surface area contributed by atoms with Gasteiger partial charge in [0.15, 0.2) is 0 Å². The van der Waals surface area contributed by atoms with Crippen LogP contribution in [0.4, 0.5) is 14.5 Å². The van der Waals surface area contributed by atoms with Crippen molar-refractivity contribution in [2.75, 3.05) is 5.32 Å². The molecule has 0 radical (unpaired) electrons. The van der Waals surface area contributed by atoms with Crippen molar-refractivity contribution in [1.29, 1.82) is 0 Å². The van der Waals surface area contributed by atoms with E-state index in [0.29, 0.717) is 12.8 Å². The molecule has 1 aromatic rings. The van der Waals surface area contributed by atoms with E-state index in [2.05, 4.69) is 5.32 Å². The topological polar surface area (TPSA) is 55.1 Å². The highest BCUT2D eigenvalue weighted by Crippen LogP contribution is 2.27. The van der Waals surface area contributed by atoms with Gasteiger partial charge in [0.25, 0.3) is 0 Å². The molecule has 3 N–H and O–H groups in total. The zero-order valence-corrected chi connectivity index (χ0v) is 10.0. The molecule has 1 saturated carbocycles. The molecule has 1 fully saturated rings. The van der Waals surface area contributed by atoms with Gasteiger partial charge in [-0.1, -0.05) is 19.3 Å². The summed E-state index contributed by atoms with van der Waals surface area (Å²) in [6.07, 6.45) is 4.06. The second-order valence-corrected chi connectivity index (χ2v) is 4.80. The molecule has 2 rings (SSSR count). The molecule has 1 aliphatic rings. The van der Waals surface area contributed by atoms with Crippen LogP contribution >= 0.6 is 0 Å². The van der Waals surface area contributed by atoms with Gasteiger partial charge in [0.05, 0.1) is 11.2 Å². The van der Waals surface area contributed by atoms with Crippen LogP contribution in [-0.2, 0) is 4.79 Å². The van der Waals surface area contributed by atoms with Crippen molar-refractivity contribution >= 4 is 11.6 Å². The normalized spacial score (nSPS) is 18.4. The molecule has 1 amide bonds. The van der Waals surface area contributed by atoms with Crippen molar-refractivity contribution in [3.8, 4) is 0 Å². The van der Waals surface area contributed by atoms with E-state index in [4.69, 9.17) is 5.73 Å². The van der Waals surface area contributed by atoms with Crippen LogP contribution < -0.4 is 11.1 Å². The maximum atomic E-state index is 13.4. The monoisotopic (exact) mass is 254 g/mol. The van der Waals surface area contributed by atoms with Crippen molar-refractivity contribution in [1.82, 2.24) is 0 Å². The first kappa shape index (κ1) is 13.0. The predicted molar refractivity (Wildman–Crippen MR) is 65.0 cm³/mol. The lowest BCUT2D eigenvalue weighted by molar-refractivity contribution is -0.122. The zero-order chi connectivity index (χ0) is 13.2. The number of nitrogens with one attached hydrogen (secondary N) is 1. The summed E-state index contributed by atoms with van der Waals surface area (Å²) in [6.45, 7) is 0. The Kier molecular flexibility index (Phi) is 3.61. The van der Waals surface area contributed by atoms with E-state index >= 15 is 0 Å².